The summed E-state index contributed by atoms with van der Waals surface area (Å²) in [5.41, 5.74) is 9.11. The number of benzene rings is 1. The third-order valence-corrected chi connectivity index (χ3v) is 2.93. The van der Waals surface area contributed by atoms with Crippen molar-refractivity contribution in [2.24, 2.45) is 0 Å². The van der Waals surface area contributed by atoms with Gasteiger partial charge in [0.05, 0.1) is 10.6 Å². The Morgan fingerprint density at radius 1 is 1.50 bits per heavy atom. The largest absolute Gasteiger partial charge is 0.382 e. The van der Waals surface area contributed by atoms with E-state index < -0.39 is 0 Å². The Kier molecular flexibility index (Phi) is 3.01. The summed E-state index contributed by atoms with van der Waals surface area (Å²) in [4.78, 5) is 10.4. The van der Waals surface area contributed by atoms with Crippen molar-refractivity contribution in [2.45, 2.75) is 20.3 Å². The van der Waals surface area contributed by atoms with Crippen LogP contribution >= 0.6 is 0 Å². The highest BCUT2D eigenvalue weighted by Crippen LogP contribution is 2.29. The van der Waals surface area contributed by atoms with Crippen molar-refractivity contribution in [1.29, 1.82) is 0 Å². The van der Waals surface area contributed by atoms with Crippen molar-refractivity contribution in [3.05, 3.63) is 39.4 Å². The zero-order chi connectivity index (χ0) is 13.3. The number of nitrogens with one attached hydrogen (secondary N) is 1. The van der Waals surface area contributed by atoms with Gasteiger partial charge in [0.1, 0.15) is 5.82 Å². The summed E-state index contributed by atoms with van der Waals surface area (Å²) in [6, 6.07) is 4.97. The summed E-state index contributed by atoms with van der Waals surface area (Å²) in [6.07, 6.45) is 0.758. The molecule has 1 aromatic heterocycles. The van der Waals surface area contributed by atoms with Crippen molar-refractivity contribution in [3.8, 4) is 11.3 Å². The van der Waals surface area contributed by atoms with Crippen LogP contribution in [0.15, 0.2) is 18.2 Å². The van der Waals surface area contributed by atoms with Crippen LogP contribution in [0.2, 0.25) is 0 Å². The minimum absolute atomic E-state index is 0.115. The lowest BCUT2D eigenvalue weighted by molar-refractivity contribution is -0.385. The number of aryl methyl sites for hydroxylation is 1. The number of nitrogen functional groups attached to an aromatic ring is 1. The number of aromatic nitrogens is 2. The highest BCUT2D eigenvalue weighted by molar-refractivity contribution is 5.70. The fourth-order valence-electron chi connectivity index (χ4n) is 1.99. The second kappa shape index (κ2) is 4.48. The highest BCUT2D eigenvalue weighted by Gasteiger charge is 2.15. The fraction of sp³-hybridized carbons (Fsp3) is 0.250. The molecule has 18 heavy (non-hydrogen) atoms. The third kappa shape index (κ3) is 1.92. The van der Waals surface area contributed by atoms with Gasteiger partial charge < -0.3 is 5.73 Å². The number of H-pyrrole nitrogens is 1. The third-order valence-electron chi connectivity index (χ3n) is 2.93. The van der Waals surface area contributed by atoms with Gasteiger partial charge in [-0.2, -0.15) is 5.10 Å². The molecule has 0 aliphatic rings. The van der Waals surface area contributed by atoms with Gasteiger partial charge in [-0.25, -0.2) is 0 Å². The summed E-state index contributed by atoms with van der Waals surface area (Å²) >= 11 is 0. The standard InChI is InChI=1S/C12H14N4O2/c1-3-9-11(14-15-12(9)13)8-4-5-10(16(17)18)7(2)6-8/h4-6H,3H2,1-2H3,(H3,13,14,15). The summed E-state index contributed by atoms with van der Waals surface area (Å²) in [5.74, 6) is 0.475. The number of nitrogens with zero attached hydrogens (tertiary/aromatic N) is 2. The molecule has 0 bridgehead atoms. The number of nitro benzene ring substituents is 1. The van der Waals surface area contributed by atoms with E-state index in [0.717, 1.165) is 23.2 Å². The minimum Gasteiger partial charge on any atom is -0.382 e. The fourth-order valence-corrected chi connectivity index (χ4v) is 1.99. The molecule has 0 aliphatic carbocycles. The molecule has 2 aromatic rings. The Bertz CT molecular complexity index is 604. The Balaban J connectivity index is 2.52. The normalized spacial score (nSPS) is 10.6. The van der Waals surface area contributed by atoms with Crippen molar-refractivity contribution in [1.82, 2.24) is 10.2 Å². The Morgan fingerprint density at radius 3 is 2.78 bits per heavy atom. The highest BCUT2D eigenvalue weighted by atomic mass is 16.6. The van der Waals surface area contributed by atoms with E-state index in [0.29, 0.717) is 11.4 Å². The molecule has 1 aromatic carbocycles. The van der Waals surface area contributed by atoms with Gasteiger partial charge in [0.25, 0.3) is 5.69 Å². The van der Waals surface area contributed by atoms with Crippen LogP contribution in [-0.4, -0.2) is 15.1 Å². The molecule has 6 nitrogen and oxygen atoms in total. The van der Waals surface area contributed by atoms with E-state index in [2.05, 4.69) is 10.2 Å². The van der Waals surface area contributed by atoms with Crippen LogP contribution in [0, 0.1) is 17.0 Å². The lowest BCUT2D eigenvalue weighted by atomic mass is 10.0. The average Bonchev–Trinajstić information content (AvgIpc) is 2.69. The number of rotatable bonds is 3. The van der Waals surface area contributed by atoms with E-state index in [4.69, 9.17) is 5.73 Å². The number of hydrogen-bond donors (Lipinski definition) is 2. The first kappa shape index (κ1) is 12.1. The molecule has 0 amide bonds. The zero-order valence-electron chi connectivity index (χ0n) is 10.2. The van der Waals surface area contributed by atoms with Crippen molar-refractivity contribution >= 4 is 11.5 Å². The SMILES string of the molecule is CCc1c(N)n[nH]c1-c1ccc([N+](=O)[O-])c(C)c1. The summed E-state index contributed by atoms with van der Waals surface area (Å²) in [7, 11) is 0. The van der Waals surface area contributed by atoms with Crippen LogP contribution in [0.3, 0.4) is 0 Å². The van der Waals surface area contributed by atoms with Gasteiger partial charge in [-0.15, -0.1) is 0 Å². The predicted molar refractivity (Wildman–Crippen MR) is 69.2 cm³/mol. The average molecular weight is 246 g/mol. The Hall–Kier alpha value is -2.37. The molecule has 6 heteroatoms. The maximum atomic E-state index is 10.8. The molecule has 0 aliphatic heterocycles. The first-order valence-electron chi connectivity index (χ1n) is 5.62. The van der Waals surface area contributed by atoms with E-state index >= 15 is 0 Å². The van der Waals surface area contributed by atoms with E-state index in [1.54, 1.807) is 19.1 Å². The number of anilines is 1. The lowest BCUT2D eigenvalue weighted by Crippen LogP contribution is -1.93. The van der Waals surface area contributed by atoms with Gasteiger partial charge in [-0.1, -0.05) is 6.92 Å². The maximum Gasteiger partial charge on any atom is 0.272 e. The molecule has 3 N–H and O–H groups in total. The lowest BCUT2D eigenvalue weighted by Gasteiger charge is -2.03. The Labute approximate surface area is 104 Å². The zero-order valence-corrected chi connectivity index (χ0v) is 10.2. The van der Waals surface area contributed by atoms with Crippen LogP contribution in [0.1, 0.15) is 18.1 Å². The molecule has 0 radical (unpaired) electrons. The second-order valence-corrected chi connectivity index (χ2v) is 4.07. The van der Waals surface area contributed by atoms with Crippen LogP contribution in [0.4, 0.5) is 11.5 Å². The molecule has 0 saturated heterocycles. The molecule has 0 saturated carbocycles. The second-order valence-electron chi connectivity index (χ2n) is 4.07. The van der Waals surface area contributed by atoms with E-state index in [-0.39, 0.29) is 10.6 Å². The smallest absolute Gasteiger partial charge is 0.272 e. The van der Waals surface area contributed by atoms with Crippen molar-refractivity contribution in [3.63, 3.8) is 0 Å². The van der Waals surface area contributed by atoms with Gasteiger partial charge in [-0.05, 0) is 25.5 Å². The first-order valence-corrected chi connectivity index (χ1v) is 5.62. The minimum atomic E-state index is -0.388. The molecule has 0 spiro atoms. The van der Waals surface area contributed by atoms with Crippen LogP contribution in [-0.2, 0) is 6.42 Å². The van der Waals surface area contributed by atoms with E-state index in [9.17, 15) is 10.1 Å². The van der Waals surface area contributed by atoms with Crippen molar-refractivity contribution in [2.75, 3.05) is 5.73 Å². The summed E-state index contributed by atoms with van der Waals surface area (Å²) in [6.45, 7) is 3.70. The van der Waals surface area contributed by atoms with Gasteiger partial charge >= 0.3 is 0 Å². The van der Waals surface area contributed by atoms with Crippen LogP contribution < -0.4 is 5.73 Å². The molecular weight excluding hydrogens is 232 g/mol. The number of nitrogens with two attached hydrogens (primary N) is 1. The summed E-state index contributed by atoms with van der Waals surface area (Å²) in [5, 5.41) is 17.6. The first-order chi connectivity index (χ1) is 8.54. The van der Waals surface area contributed by atoms with E-state index in [1.165, 1.54) is 6.07 Å². The van der Waals surface area contributed by atoms with Crippen LogP contribution in [0.5, 0.6) is 0 Å². The van der Waals surface area contributed by atoms with Gasteiger partial charge in [-0.3, -0.25) is 15.2 Å². The van der Waals surface area contributed by atoms with Crippen molar-refractivity contribution < 1.29 is 4.92 Å². The van der Waals surface area contributed by atoms with Gasteiger partial charge in [0.15, 0.2) is 0 Å². The number of nitro groups is 1. The Morgan fingerprint density at radius 2 is 2.22 bits per heavy atom. The molecule has 0 atom stereocenters. The predicted octanol–water partition coefficient (Wildman–Crippen LogP) is 2.44. The molecule has 94 valence electrons. The maximum absolute atomic E-state index is 10.8. The molecule has 2 rings (SSSR count). The van der Waals surface area contributed by atoms with E-state index in [1.807, 2.05) is 6.92 Å². The molecular formula is C12H14N4O2. The number of aromatic amines is 1. The monoisotopic (exact) mass is 246 g/mol. The summed E-state index contributed by atoms with van der Waals surface area (Å²) < 4.78 is 0. The van der Waals surface area contributed by atoms with Gasteiger partial charge in [0, 0.05) is 22.8 Å². The van der Waals surface area contributed by atoms with Gasteiger partial charge in [0.2, 0.25) is 0 Å². The molecule has 1 heterocycles. The number of hydrogen-bond acceptors (Lipinski definition) is 4. The quantitative estimate of drug-likeness (QED) is 0.641. The van der Waals surface area contributed by atoms with Crippen LogP contribution in [0.25, 0.3) is 11.3 Å². The topological polar surface area (TPSA) is 97.8 Å². The molecule has 0 fully saturated rings. The molecule has 0 unspecified atom stereocenters.